The molecule has 0 saturated carbocycles. The Morgan fingerprint density at radius 2 is 1.57 bits per heavy atom. The van der Waals surface area contributed by atoms with Gasteiger partial charge in [-0.05, 0) is 71.2 Å². The minimum atomic E-state index is 0.0984. The summed E-state index contributed by atoms with van der Waals surface area (Å²) in [7, 11) is 0. The van der Waals surface area contributed by atoms with Crippen LogP contribution in [0.2, 0.25) is 0 Å². The molecule has 2 heterocycles. The van der Waals surface area contributed by atoms with Crippen molar-refractivity contribution in [1.82, 2.24) is 9.58 Å². The van der Waals surface area contributed by atoms with Crippen molar-refractivity contribution >= 4 is 16.7 Å². The lowest BCUT2D eigenvalue weighted by atomic mass is 9.85. The van der Waals surface area contributed by atoms with Crippen LogP contribution in [0, 0.1) is 0 Å². The van der Waals surface area contributed by atoms with Gasteiger partial charge >= 0.3 is 0 Å². The van der Waals surface area contributed by atoms with Gasteiger partial charge in [0, 0.05) is 23.0 Å². The van der Waals surface area contributed by atoms with Crippen molar-refractivity contribution in [3.63, 3.8) is 0 Å². The van der Waals surface area contributed by atoms with E-state index in [1.54, 1.807) is 0 Å². The number of nitrogens with zero attached hydrogens (tertiary/aromatic N) is 2. The van der Waals surface area contributed by atoms with Crippen molar-refractivity contribution in [2.75, 3.05) is 18.5 Å². The molecular weight excluding hydrogens is 370 g/mol. The van der Waals surface area contributed by atoms with Crippen molar-refractivity contribution < 1.29 is 4.79 Å². The van der Waals surface area contributed by atoms with E-state index in [0.29, 0.717) is 12.0 Å². The largest absolute Gasteiger partial charge is 0.323 e. The van der Waals surface area contributed by atoms with E-state index < -0.39 is 0 Å². The second kappa shape index (κ2) is 8.65. The number of carbonyl (C=O) groups excluding carboxylic acids is 1. The predicted molar refractivity (Wildman–Crippen MR) is 125 cm³/mol. The van der Waals surface area contributed by atoms with Gasteiger partial charge in [-0.3, -0.25) is 9.47 Å². The molecule has 1 aliphatic heterocycles. The molecule has 4 heteroatoms. The van der Waals surface area contributed by atoms with Crippen LogP contribution in [0.25, 0.3) is 10.9 Å². The van der Waals surface area contributed by atoms with Crippen LogP contribution in [0.5, 0.6) is 0 Å². The van der Waals surface area contributed by atoms with Crippen LogP contribution >= 0.6 is 0 Å². The normalized spacial score (nSPS) is 15.9. The second-order valence-electron chi connectivity index (χ2n) is 9.00. The molecule has 1 N–H and O–H groups in total. The molecule has 3 aromatic rings. The van der Waals surface area contributed by atoms with E-state index in [1.165, 1.54) is 10.9 Å². The number of rotatable bonds is 6. The molecule has 4 rings (SSSR count). The highest BCUT2D eigenvalue weighted by atomic mass is 16.1. The molecular formula is C26H33N3O. The average Bonchev–Trinajstić information content (AvgIpc) is 3.07. The summed E-state index contributed by atoms with van der Waals surface area (Å²) in [5.41, 5.74) is 7.40. The lowest BCUT2D eigenvalue weighted by Gasteiger charge is -2.35. The van der Waals surface area contributed by atoms with Crippen LogP contribution in [0.1, 0.15) is 68.1 Å². The van der Waals surface area contributed by atoms with Gasteiger partial charge < -0.3 is 10.3 Å². The third-order valence-corrected chi connectivity index (χ3v) is 6.22. The first kappa shape index (κ1) is 20.7. The third-order valence-electron chi connectivity index (χ3n) is 6.22. The molecule has 2 aromatic carbocycles. The van der Waals surface area contributed by atoms with E-state index in [-0.39, 0.29) is 11.8 Å². The summed E-state index contributed by atoms with van der Waals surface area (Å²) in [6.07, 6.45) is 2.17. The zero-order valence-electron chi connectivity index (χ0n) is 18.6. The van der Waals surface area contributed by atoms with E-state index >= 15 is 0 Å². The molecule has 1 saturated heterocycles. The van der Waals surface area contributed by atoms with Crippen LogP contribution in [0.4, 0.5) is 0 Å². The number of fused-ring (bicyclic) bond motifs is 1. The first-order chi connectivity index (χ1) is 14.5. The van der Waals surface area contributed by atoms with Crippen molar-refractivity contribution in [1.29, 1.82) is 0 Å². The molecule has 1 aromatic heterocycles. The molecule has 0 bridgehead atoms. The van der Waals surface area contributed by atoms with Crippen LogP contribution in [-0.4, -0.2) is 40.5 Å². The quantitative estimate of drug-likeness (QED) is 0.559. The molecule has 158 valence electrons. The maximum atomic E-state index is 13.8. The SMILES string of the molecule is CC(C)Nn1c(C(=O)c2ccccc2)c(C2CCN(C(C)C)CC2)c2ccccc21. The maximum Gasteiger partial charge on any atom is 0.211 e. The Kier molecular flexibility index (Phi) is 5.96. The van der Waals surface area contributed by atoms with Gasteiger partial charge in [-0.25, -0.2) is 0 Å². The Bertz CT molecular complexity index is 1010. The average molecular weight is 404 g/mol. The third kappa shape index (κ3) is 3.89. The van der Waals surface area contributed by atoms with Gasteiger partial charge in [-0.15, -0.1) is 0 Å². The summed E-state index contributed by atoms with van der Waals surface area (Å²) in [6, 6.07) is 18.9. The zero-order chi connectivity index (χ0) is 21.3. The second-order valence-corrected chi connectivity index (χ2v) is 9.00. The van der Waals surface area contributed by atoms with Crippen LogP contribution in [0.15, 0.2) is 54.6 Å². The number of para-hydroxylation sites is 1. The molecule has 0 amide bonds. The molecule has 30 heavy (non-hydrogen) atoms. The van der Waals surface area contributed by atoms with E-state index in [2.05, 4.69) is 67.0 Å². The monoisotopic (exact) mass is 403 g/mol. The summed E-state index contributed by atoms with van der Waals surface area (Å²) in [6.45, 7) is 10.9. The smallest absolute Gasteiger partial charge is 0.211 e. The molecule has 1 aliphatic rings. The van der Waals surface area contributed by atoms with Gasteiger partial charge in [0.05, 0.1) is 5.52 Å². The highest BCUT2D eigenvalue weighted by Crippen LogP contribution is 2.38. The highest BCUT2D eigenvalue weighted by Gasteiger charge is 2.31. The highest BCUT2D eigenvalue weighted by molar-refractivity contribution is 6.12. The fourth-order valence-electron chi connectivity index (χ4n) is 4.73. The maximum absolute atomic E-state index is 13.8. The Morgan fingerprint density at radius 1 is 0.933 bits per heavy atom. The van der Waals surface area contributed by atoms with E-state index in [4.69, 9.17) is 0 Å². The molecule has 1 fully saturated rings. The lowest BCUT2D eigenvalue weighted by Crippen LogP contribution is -2.38. The standard InChI is InChI=1S/C26H33N3O/c1-18(2)27-29-23-13-9-8-12-22(23)24(20-14-16-28(17-15-20)19(3)4)25(29)26(30)21-10-6-5-7-11-21/h5-13,18-20,27H,14-17H2,1-4H3. The van der Waals surface area contributed by atoms with Crippen LogP contribution in [-0.2, 0) is 0 Å². The fraction of sp³-hybridized carbons (Fsp3) is 0.423. The van der Waals surface area contributed by atoms with Gasteiger partial charge in [-0.1, -0.05) is 48.5 Å². The van der Waals surface area contributed by atoms with E-state index in [0.717, 1.165) is 42.7 Å². The number of aromatic nitrogens is 1. The Morgan fingerprint density at radius 3 is 2.20 bits per heavy atom. The summed E-state index contributed by atoms with van der Waals surface area (Å²) in [5.74, 6) is 0.490. The number of piperidine rings is 1. The number of carbonyl (C=O) groups is 1. The van der Waals surface area contributed by atoms with Gasteiger partial charge in [0.1, 0.15) is 5.69 Å². The summed E-state index contributed by atoms with van der Waals surface area (Å²) < 4.78 is 2.06. The summed E-state index contributed by atoms with van der Waals surface area (Å²) in [4.78, 5) is 16.3. The Balaban J connectivity index is 1.87. The first-order valence-corrected chi connectivity index (χ1v) is 11.2. The van der Waals surface area contributed by atoms with Crippen molar-refractivity contribution in [3.8, 4) is 0 Å². The van der Waals surface area contributed by atoms with E-state index in [1.807, 2.05) is 30.3 Å². The van der Waals surface area contributed by atoms with Crippen LogP contribution in [0.3, 0.4) is 0 Å². The van der Waals surface area contributed by atoms with Crippen molar-refractivity contribution in [2.24, 2.45) is 0 Å². The number of hydrogen-bond acceptors (Lipinski definition) is 3. The lowest BCUT2D eigenvalue weighted by molar-refractivity contribution is 0.102. The van der Waals surface area contributed by atoms with Gasteiger partial charge in [0.2, 0.25) is 5.78 Å². The molecule has 0 atom stereocenters. The number of likely N-dealkylation sites (tertiary alicyclic amines) is 1. The summed E-state index contributed by atoms with van der Waals surface area (Å²) in [5, 5.41) is 1.20. The molecule has 0 spiro atoms. The number of benzene rings is 2. The van der Waals surface area contributed by atoms with Crippen molar-refractivity contribution in [3.05, 3.63) is 71.4 Å². The van der Waals surface area contributed by atoms with E-state index in [9.17, 15) is 4.79 Å². The molecule has 4 nitrogen and oxygen atoms in total. The van der Waals surface area contributed by atoms with Gasteiger partial charge in [-0.2, -0.15) is 0 Å². The number of nitrogens with one attached hydrogen (secondary N) is 1. The topological polar surface area (TPSA) is 37.3 Å². The van der Waals surface area contributed by atoms with Crippen LogP contribution < -0.4 is 5.43 Å². The molecule has 0 unspecified atom stereocenters. The minimum absolute atomic E-state index is 0.0984. The van der Waals surface area contributed by atoms with Crippen molar-refractivity contribution in [2.45, 2.75) is 58.5 Å². The number of ketones is 1. The Hall–Kier alpha value is -2.59. The number of hydrogen-bond donors (Lipinski definition) is 1. The summed E-state index contributed by atoms with van der Waals surface area (Å²) >= 11 is 0. The van der Waals surface area contributed by atoms with Gasteiger partial charge in [0.15, 0.2) is 0 Å². The molecule has 0 radical (unpaired) electrons. The van der Waals surface area contributed by atoms with Gasteiger partial charge in [0.25, 0.3) is 0 Å². The zero-order valence-corrected chi connectivity index (χ0v) is 18.6. The minimum Gasteiger partial charge on any atom is -0.323 e. The Labute approximate surface area is 179 Å². The predicted octanol–water partition coefficient (Wildman–Crippen LogP) is 5.41. The first-order valence-electron chi connectivity index (χ1n) is 11.2. The molecule has 0 aliphatic carbocycles. The fourth-order valence-corrected chi connectivity index (χ4v) is 4.73.